The van der Waals surface area contributed by atoms with E-state index < -0.39 is 0 Å². The third kappa shape index (κ3) is 7.46. The highest BCUT2D eigenvalue weighted by Crippen LogP contribution is 2.26. The van der Waals surface area contributed by atoms with Gasteiger partial charge < -0.3 is 4.74 Å². The van der Waals surface area contributed by atoms with E-state index in [-0.39, 0.29) is 0 Å². The van der Waals surface area contributed by atoms with Gasteiger partial charge in [-0.15, -0.1) is 6.58 Å². The van der Waals surface area contributed by atoms with Crippen LogP contribution >= 0.6 is 11.6 Å². The van der Waals surface area contributed by atoms with Crippen LogP contribution in [0.5, 0.6) is 5.75 Å². The van der Waals surface area contributed by atoms with Crippen molar-refractivity contribution >= 4 is 11.6 Å². The summed E-state index contributed by atoms with van der Waals surface area (Å²) in [6.45, 7) is 9.65. The van der Waals surface area contributed by atoms with Gasteiger partial charge in [-0.05, 0) is 79.1 Å². The minimum atomic E-state index is 0.677. The topological polar surface area (TPSA) is 25.4 Å². The fraction of sp³-hybridized carbons (Fsp3) is 0.323. The van der Waals surface area contributed by atoms with Crippen molar-refractivity contribution in [3.63, 3.8) is 0 Å². The van der Waals surface area contributed by atoms with Crippen LogP contribution in [0, 0.1) is 24.7 Å². The van der Waals surface area contributed by atoms with Gasteiger partial charge in [0.1, 0.15) is 18.1 Å². The summed E-state index contributed by atoms with van der Waals surface area (Å²) in [7, 11) is 0. The number of benzene rings is 2. The van der Waals surface area contributed by atoms with Crippen LogP contribution < -0.4 is 4.74 Å². The molecule has 180 valence electrons. The Morgan fingerprint density at radius 3 is 2.51 bits per heavy atom. The summed E-state index contributed by atoms with van der Waals surface area (Å²) in [6, 6.07) is 17.8. The number of rotatable bonds is 9. The summed E-state index contributed by atoms with van der Waals surface area (Å²) in [5.74, 6) is 8.13. The summed E-state index contributed by atoms with van der Waals surface area (Å²) >= 11 is 5.97. The number of ether oxygens (including phenoxy) is 1. The van der Waals surface area contributed by atoms with Gasteiger partial charge in [0.2, 0.25) is 0 Å². The monoisotopic (exact) mass is 484 g/mol. The Bertz CT molecular complexity index is 1170. The van der Waals surface area contributed by atoms with Crippen molar-refractivity contribution in [1.82, 2.24) is 9.88 Å². The lowest BCUT2D eigenvalue weighted by Crippen LogP contribution is -2.32. The molecule has 1 aromatic heterocycles. The van der Waals surface area contributed by atoms with Crippen molar-refractivity contribution in [2.75, 3.05) is 26.2 Å². The lowest BCUT2D eigenvalue weighted by atomic mass is 10.1. The second-order valence-corrected chi connectivity index (χ2v) is 9.65. The Kier molecular flexibility index (Phi) is 9.01. The molecule has 1 aliphatic carbocycles. The van der Waals surface area contributed by atoms with Crippen LogP contribution in [0.3, 0.4) is 0 Å². The summed E-state index contributed by atoms with van der Waals surface area (Å²) in [4.78, 5) is 6.96. The Morgan fingerprint density at radius 1 is 1.06 bits per heavy atom. The molecule has 3 nitrogen and oxygen atoms in total. The van der Waals surface area contributed by atoms with Gasteiger partial charge in [-0.2, -0.15) is 0 Å². The molecule has 1 saturated carbocycles. The molecule has 35 heavy (non-hydrogen) atoms. The van der Waals surface area contributed by atoms with E-state index in [4.69, 9.17) is 16.3 Å². The number of pyridine rings is 1. The largest absolute Gasteiger partial charge is 0.492 e. The molecule has 0 saturated heterocycles. The quantitative estimate of drug-likeness (QED) is 0.238. The maximum atomic E-state index is 6.11. The molecule has 2 aromatic carbocycles. The van der Waals surface area contributed by atoms with E-state index in [1.807, 2.05) is 60.8 Å². The summed E-state index contributed by atoms with van der Waals surface area (Å²) < 4.78 is 6.11. The molecule has 0 unspecified atom stereocenters. The first-order valence-corrected chi connectivity index (χ1v) is 12.8. The SMILES string of the molecule is C=CCN(CCOc1ccc(C#Cc2ccc(-c3ccc(Cl)cc3)cn2)cc1C)CC1CCCC1. The highest BCUT2D eigenvalue weighted by atomic mass is 35.5. The fourth-order valence-corrected chi connectivity index (χ4v) is 4.71. The number of aryl methyl sites for hydroxylation is 1. The van der Waals surface area contributed by atoms with Gasteiger partial charge in [-0.3, -0.25) is 4.90 Å². The predicted molar refractivity (Wildman–Crippen MR) is 146 cm³/mol. The minimum absolute atomic E-state index is 0.677. The molecule has 4 heteroatoms. The first-order chi connectivity index (χ1) is 17.1. The minimum Gasteiger partial charge on any atom is -0.492 e. The second kappa shape index (κ2) is 12.6. The molecule has 0 N–H and O–H groups in total. The molecule has 0 atom stereocenters. The Balaban J connectivity index is 1.32. The Morgan fingerprint density at radius 2 is 1.83 bits per heavy atom. The van der Waals surface area contributed by atoms with E-state index in [1.54, 1.807) is 0 Å². The third-order valence-electron chi connectivity index (χ3n) is 6.49. The van der Waals surface area contributed by atoms with Crippen molar-refractivity contribution in [1.29, 1.82) is 0 Å². The van der Waals surface area contributed by atoms with Gasteiger partial charge in [-0.25, -0.2) is 4.98 Å². The first kappa shape index (κ1) is 25.0. The fourth-order valence-electron chi connectivity index (χ4n) is 4.59. The molecule has 3 aromatic rings. The highest BCUT2D eigenvalue weighted by Gasteiger charge is 2.18. The molecular weight excluding hydrogens is 452 g/mol. The molecule has 1 fully saturated rings. The van der Waals surface area contributed by atoms with Gasteiger partial charge in [0.15, 0.2) is 0 Å². The van der Waals surface area contributed by atoms with Crippen molar-refractivity contribution < 1.29 is 4.74 Å². The van der Waals surface area contributed by atoms with Crippen LogP contribution in [-0.2, 0) is 0 Å². The van der Waals surface area contributed by atoms with Gasteiger partial charge in [-0.1, -0.05) is 54.6 Å². The van der Waals surface area contributed by atoms with Gasteiger partial charge in [0.05, 0.1) is 0 Å². The van der Waals surface area contributed by atoms with Crippen LogP contribution in [0.2, 0.25) is 5.02 Å². The average Bonchev–Trinajstić information content (AvgIpc) is 3.38. The zero-order valence-electron chi connectivity index (χ0n) is 20.5. The molecule has 1 aliphatic rings. The van der Waals surface area contributed by atoms with Crippen molar-refractivity contribution in [2.45, 2.75) is 32.6 Å². The summed E-state index contributed by atoms with van der Waals surface area (Å²) in [5, 5.41) is 0.727. The molecule has 0 amide bonds. The van der Waals surface area contributed by atoms with E-state index in [2.05, 4.69) is 41.3 Å². The van der Waals surface area contributed by atoms with E-state index in [0.717, 1.165) is 64.3 Å². The number of hydrogen-bond acceptors (Lipinski definition) is 3. The zero-order valence-corrected chi connectivity index (χ0v) is 21.2. The molecule has 0 radical (unpaired) electrons. The van der Waals surface area contributed by atoms with E-state index in [9.17, 15) is 0 Å². The van der Waals surface area contributed by atoms with Crippen LogP contribution in [-0.4, -0.2) is 36.1 Å². The van der Waals surface area contributed by atoms with Gasteiger partial charge in [0.25, 0.3) is 0 Å². The predicted octanol–water partition coefficient (Wildman–Crippen LogP) is 7.17. The van der Waals surface area contributed by atoms with Crippen LogP contribution in [0.4, 0.5) is 0 Å². The number of aromatic nitrogens is 1. The van der Waals surface area contributed by atoms with E-state index >= 15 is 0 Å². The van der Waals surface area contributed by atoms with Crippen molar-refractivity contribution in [2.24, 2.45) is 5.92 Å². The lowest BCUT2D eigenvalue weighted by Gasteiger charge is -2.24. The third-order valence-corrected chi connectivity index (χ3v) is 6.75. The molecule has 4 rings (SSSR count). The highest BCUT2D eigenvalue weighted by molar-refractivity contribution is 6.30. The zero-order chi connectivity index (χ0) is 24.5. The average molecular weight is 485 g/mol. The standard InChI is InChI=1S/C31H33ClN2O/c1-3-18-34(23-26-6-4-5-7-26)19-20-35-31-17-9-25(21-24(31)2)8-15-30-16-12-28(22-33-30)27-10-13-29(32)14-11-27/h3,9-14,16-17,21-22,26H,1,4-7,18-20,23H2,2H3. The maximum absolute atomic E-state index is 6.11. The van der Waals surface area contributed by atoms with Gasteiger partial charge in [0, 0.05) is 42.0 Å². The van der Waals surface area contributed by atoms with Crippen molar-refractivity contribution in [3.05, 3.63) is 95.3 Å². The maximum Gasteiger partial charge on any atom is 0.122 e. The van der Waals surface area contributed by atoms with Crippen molar-refractivity contribution in [3.8, 4) is 28.7 Å². The number of halogens is 1. The van der Waals surface area contributed by atoms with E-state index in [0.29, 0.717) is 6.61 Å². The number of hydrogen-bond donors (Lipinski definition) is 0. The lowest BCUT2D eigenvalue weighted by molar-refractivity contribution is 0.199. The summed E-state index contributed by atoms with van der Waals surface area (Å²) in [5.41, 5.74) is 4.91. The normalized spacial score (nSPS) is 13.5. The molecule has 0 bridgehead atoms. The van der Waals surface area contributed by atoms with Crippen LogP contribution in [0.25, 0.3) is 11.1 Å². The molecule has 0 spiro atoms. The second-order valence-electron chi connectivity index (χ2n) is 9.22. The smallest absolute Gasteiger partial charge is 0.122 e. The first-order valence-electron chi connectivity index (χ1n) is 12.4. The Labute approximate surface area is 214 Å². The molecule has 1 heterocycles. The Hall–Kier alpha value is -3.06. The number of nitrogens with zero attached hydrogens (tertiary/aromatic N) is 2. The van der Waals surface area contributed by atoms with E-state index in [1.165, 1.54) is 25.7 Å². The molecule has 0 aliphatic heterocycles. The summed E-state index contributed by atoms with van der Waals surface area (Å²) in [6.07, 6.45) is 9.31. The van der Waals surface area contributed by atoms with Gasteiger partial charge >= 0.3 is 0 Å². The molecular formula is C31H33ClN2O. The van der Waals surface area contributed by atoms with Crippen LogP contribution in [0.1, 0.15) is 42.5 Å². The van der Waals surface area contributed by atoms with Crippen LogP contribution in [0.15, 0.2) is 73.4 Å².